The first-order valence-electron chi connectivity index (χ1n) is 7.35. The van der Waals surface area contributed by atoms with Crippen LogP contribution < -0.4 is 0 Å². The predicted octanol–water partition coefficient (Wildman–Crippen LogP) is 2.80. The van der Waals surface area contributed by atoms with Crippen LogP contribution >= 0.6 is 11.6 Å². The van der Waals surface area contributed by atoms with E-state index in [1.807, 2.05) is 27.7 Å². The van der Waals surface area contributed by atoms with Gasteiger partial charge in [0.25, 0.3) is 0 Å². The lowest BCUT2D eigenvalue weighted by Gasteiger charge is -2.22. The molecule has 1 aromatic heterocycles. The minimum atomic E-state index is -3.49. The van der Waals surface area contributed by atoms with Crippen molar-refractivity contribution in [2.75, 3.05) is 19.0 Å². The smallest absolute Gasteiger partial charge is 0.246 e. The third kappa shape index (κ3) is 4.20. The molecule has 0 atom stereocenters. The van der Waals surface area contributed by atoms with Gasteiger partial charge in [-0.15, -0.1) is 11.6 Å². The highest BCUT2D eigenvalue weighted by Crippen LogP contribution is 2.24. The van der Waals surface area contributed by atoms with Crippen LogP contribution in [-0.2, 0) is 16.6 Å². The normalized spacial score (nSPS) is 12.6. The maximum atomic E-state index is 12.9. The number of halogens is 1. The second-order valence-corrected chi connectivity index (χ2v) is 7.87. The summed E-state index contributed by atoms with van der Waals surface area (Å²) in [6.07, 6.45) is 0.770. The molecule has 1 rings (SSSR count). The fraction of sp³-hybridized carbons (Fsp3) is 0.786. The number of rotatable bonds is 8. The van der Waals surface area contributed by atoms with Gasteiger partial charge in [-0.1, -0.05) is 20.8 Å². The van der Waals surface area contributed by atoms with Gasteiger partial charge in [0.15, 0.2) is 0 Å². The first-order chi connectivity index (χ1) is 9.75. The molecule has 0 amide bonds. The summed E-state index contributed by atoms with van der Waals surface area (Å²) < 4.78 is 29.0. The number of aryl methyl sites for hydroxylation is 2. The van der Waals surface area contributed by atoms with Crippen LogP contribution in [0.5, 0.6) is 0 Å². The molecule has 0 bridgehead atoms. The van der Waals surface area contributed by atoms with Crippen LogP contribution in [0.1, 0.15) is 38.6 Å². The molecule has 0 radical (unpaired) electrons. The Kier molecular flexibility index (Phi) is 6.69. The Morgan fingerprint density at radius 2 is 1.95 bits per heavy atom. The van der Waals surface area contributed by atoms with E-state index >= 15 is 0 Å². The summed E-state index contributed by atoms with van der Waals surface area (Å²) in [4.78, 5) is 0.347. The average Bonchev–Trinajstić information content (AvgIpc) is 2.68. The zero-order valence-electron chi connectivity index (χ0n) is 13.6. The van der Waals surface area contributed by atoms with E-state index in [2.05, 4.69) is 5.10 Å². The van der Waals surface area contributed by atoms with Gasteiger partial charge in [-0.05, 0) is 26.2 Å². The molecule has 21 heavy (non-hydrogen) atoms. The Morgan fingerprint density at radius 3 is 2.43 bits per heavy atom. The summed E-state index contributed by atoms with van der Waals surface area (Å²) >= 11 is 5.70. The average molecular weight is 336 g/mol. The van der Waals surface area contributed by atoms with Gasteiger partial charge in [0.1, 0.15) is 4.90 Å². The van der Waals surface area contributed by atoms with Gasteiger partial charge in [-0.25, -0.2) is 8.42 Å². The molecule has 0 aliphatic carbocycles. The van der Waals surface area contributed by atoms with Crippen molar-refractivity contribution < 1.29 is 8.42 Å². The molecule has 0 spiro atoms. The molecule has 0 aliphatic rings. The van der Waals surface area contributed by atoms with Crippen molar-refractivity contribution >= 4 is 21.6 Å². The fourth-order valence-electron chi connectivity index (χ4n) is 2.41. The first kappa shape index (κ1) is 18.5. The highest BCUT2D eigenvalue weighted by atomic mass is 35.5. The van der Waals surface area contributed by atoms with Gasteiger partial charge in [-0.2, -0.15) is 9.40 Å². The number of nitrogens with zero attached hydrogens (tertiary/aromatic N) is 3. The Balaban J connectivity index is 3.21. The Hall–Kier alpha value is -0.590. The van der Waals surface area contributed by atoms with Crippen molar-refractivity contribution in [3.63, 3.8) is 0 Å². The van der Waals surface area contributed by atoms with Crippen LogP contribution in [0.15, 0.2) is 4.90 Å². The summed E-state index contributed by atoms with van der Waals surface area (Å²) in [6, 6.07) is 0. The molecular weight excluding hydrogens is 310 g/mol. The molecular formula is C14H26ClN3O2S. The molecule has 0 fully saturated rings. The zero-order valence-corrected chi connectivity index (χ0v) is 15.1. The van der Waals surface area contributed by atoms with Gasteiger partial charge in [-0.3, -0.25) is 4.68 Å². The van der Waals surface area contributed by atoms with Crippen molar-refractivity contribution in [1.29, 1.82) is 0 Å². The standard InChI is InChI=1S/C14H26ClN3O2S/c1-6-17(10-11(2)3)21(19,20)14-12(4)16-18(13(14)5)9-7-8-15/h11H,6-10H2,1-5H3. The molecule has 122 valence electrons. The lowest BCUT2D eigenvalue weighted by molar-refractivity contribution is 0.380. The van der Waals surface area contributed by atoms with Crippen molar-refractivity contribution in [1.82, 2.24) is 14.1 Å². The topological polar surface area (TPSA) is 55.2 Å². The van der Waals surface area contributed by atoms with E-state index in [0.29, 0.717) is 41.8 Å². The van der Waals surface area contributed by atoms with Crippen LogP contribution in [0.4, 0.5) is 0 Å². The lowest BCUT2D eigenvalue weighted by Crippen LogP contribution is -2.34. The van der Waals surface area contributed by atoms with E-state index in [4.69, 9.17) is 11.6 Å². The highest BCUT2D eigenvalue weighted by Gasteiger charge is 2.30. The minimum Gasteiger partial charge on any atom is -0.268 e. The van der Waals surface area contributed by atoms with E-state index in [-0.39, 0.29) is 5.92 Å². The maximum absolute atomic E-state index is 12.9. The molecule has 1 heterocycles. The highest BCUT2D eigenvalue weighted by molar-refractivity contribution is 7.89. The van der Waals surface area contributed by atoms with Crippen LogP contribution in [0.25, 0.3) is 0 Å². The van der Waals surface area contributed by atoms with Crippen LogP contribution in [0.2, 0.25) is 0 Å². The summed E-state index contributed by atoms with van der Waals surface area (Å²) in [5, 5.41) is 4.36. The number of alkyl halides is 1. The summed E-state index contributed by atoms with van der Waals surface area (Å²) in [7, 11) is -3.49. The molecule has 0 aromatic carbocycles. The molecule has 0 aliphatic heterocycles. The predicted molar refractivity (Wildman–Crippen MR) is 86.3 cm³/mol. The van der Waals surface area contributed by atoms with Gasteiger partial charge in [0.2, 0.25) is 10.0 Å². The SMILES string of the molecule is CCN(CC(C)C)S(=O)(=O)c1c(C)nn(CCCCl)c1C. The van der Waals surface area contributed by atoms with Gasteiger partial charge < -0.3 is 0 Å². The lowest BCUT2D eigenvalue weighted by atomic mass is 10.2. The largest absolute Gasteiger partial charge is 0.268 e. The zero-order chi connectivity index (χ0) is 16.2. The molecule has 0 unspecified atom stereocenters. The monoisotopic (exact) mass is 335 g/mol. The Bertz CT molecular complexity index is 567. The van der Waals surface area contributed by atoms with E-state index in [1.165, 1.54) is 4.31 Å². The Labute approximate surface area is 133 Å². The number of hydrogen-bond acceptors (Lipinski definition) is 3. The van der Waals surface area contributed by atoms with E-state index in [1.54, 1.807) is 11.6 Å². The minimum absolute atomic E-state index is 0.284. The van der Waals surface area contributed by atoms with Crippen LogP contribution in [0.3, 0.4) is 0 Å². The van der Waals surface area contributed by atoms with E-state index < -0.39 is 10.0 Å². The second kappa shape index (κ2) is 7.61. The van der Waals surface area contributed by atoms with Gasteiger partial charge >= 0.3 is 0 Å². The molecule has 5 nitrogen and oxygen atoms in total. The second-order valence-electron chi connectivity index (χ2n) is 5.62. The summed E-state index contributed by atoms with van der Waals surface area (Å²) in [5.74, 6) is 0.820. The summed E-state index contributed by atoms with van der Waals surface area (Å²) in [6.45, 7) is 11.1. The molecule has 0 saturated carbocycles. The van der Waals surface area contributed by atoms with Crippen molar-refractivity contribution in [2.24, 2.45) is 5.92 Å². The van der Waals surface area contributed by atoms with Crippen molar-refractivity contribution in [2.45, 2.75) is 52.5 Å². The number of sulfonamides is 1. The van der Waals surface area contributed by atoms with Crippen LogP contribution in [0, 0.1) is 19.8 Å². The van der Waals surface area contributed by atoms with E-state index in [0.717, 1.165) is 6.42 Å². The van der Waals surface area contributed by atoms with Gasteiger partial charge in [0.05, 0.1) is 11.4 Å². The molecule has 7 heteroatoms. The Morgan fingerprint density at radius 1 is 1.33 bits per heavy atom. The third-order valence-corrected chi connectivity index (χ3v) is 5.80. The molecule has 1 aromatic rings. The number of hydrogen-bond donors (Lipinski definition) is 0. The van der Waals surface area contributed by atoms with Crippen molar-refractivity contribution in [3.8, 4) is 0 Å². The fourth-order valence-corrected chi connectivity index (χ4v) is 4.52. The molecule has 0 saturated heterocycles. The van der Waals surface area contributed by atoms with E-state index in [9.17, 15) is 8.42 Å². The first-order valence-corrected chi connectivity index (χ1v) is 9.33. The summed E-state index contributed by atoms with van der Waals surface area (Å²) in [5.41, 5.74) is 1.25. The van der Waals surface area contributed by atoms with Crippen molar-refractivity contribution in [3.05, 3.63) is 11.4 Å². The maximum Gasteiger partial charge on any atom is 0.246 e. The number of aromatic nitrogens is 2. The third-order valence-electron chi connectivity index (χ3n) is 3.34. The molecule has 0 N–H and O–H groups in total. The van der Waals surface area contributed by atoms with Crippen LogP contribution in [-0.4, -0.2) is 41.5 Å². The quantitative estimate of drug-likeness (QED) is 0.686. The van der Waals surface area contributed by atoms with Gasteiger partial charge in [0, 0.05) is 25.5 Å².